The first-order valence-corrected chi connectivity index (χ1v) is 13.9. The second-order valence-electron chi connectivity index (χ2n) is 11.2. The monoisotopic (exact) mass is 560 g/mol. The molecule has 0 bridgehead atoms. The number of anilines is 1. The third-order valence-corrected chi connectivity index (χ3v) is 7.93. The highest BCUT2D eigenvalue weighted by Gasteiger charge is 2.47. The van der Waals surface area contributed by atoms with E-state index in [9.17, 15) is 22.8 Å². The number of carbonyl (C=O) groups excluding carboxylic acids is 2. The molecule has 4 rings (SSSR count). The van der Waals surface area contributed by atoms with E-state index >= 15 is 0 Å². The van der Waals surface area contributed by atoms with E-state index in [2.05, 4.69) is 4.90 Å². The molecule has 7 nitrogen and oxygen atoms in total. The van der Waals surface area contributed by atoms with Crippen molar-refractivity contribution in [3.63, 3.8) is 0 Å². The number of halogens is 3. The minimum Gasteiger partial charge on any atom is -0.497 e. The number of aromatic nitrogens is 1. The second kappa shape index (κ2) is 12.5. The lowest BCUT2D eigenvalue weighted by molar-refractivity contribution is -0.171. The van der Waals surface area contributed by atoms with E-state index in [1.165, 1.54) is 37.3 Å². The Balaban J connectivity index is 1.29. The van der Waals surface area contributed by atoms with Gasteiger partial charge in [-0.2, -0.15) is 13.2 Å². The molecule has 1 atom stereocenters. The molecule has 2 fully saturated rings. The van der Waals surface area contributed by atoms with Crippen LogP contribution in [0.2, 0.25) is 0 Å². The number of pyridine rings is 1. The van der Waals surface area contributed by atoms with E-state index in [-0.39, 0.29) is 23.8 Å². The molecule has 40 heavy (non-hydrogen) atoms. The van der Waals surface area contributed by atoms with Crippen LogP contribution in [-0.2, 0) is 4.79 Å². The van der Waals surface area contributed by atoms with Gasteiger partial charge in [-0.1, -0.05) is 12.1 Å². The molecule has 1 aromatic heterocycles. The number of piperidine rings is 1. The number of ether oxygens (including phenoxy) is 1. The van der Waals surface area contributed by atoms with Crippen LogP contribution in [-0.4, -0.2) is 80.7 Å². The zero-order valence-corrected chi connectivity index (χ0v) is 23.7. The SMILES string of the molecule is COc1cccc(C(C(=O)N(C)CCCC2CCN(c3ccc(C(=O)N(C)C)c(C4CC4)n3)CC2)C(F)(F)F)c1. The standard InChI is InChI=1S/C30H39F3N4O3/c1-35(2)28(38)24-12-13-25(34-27(24)21-10-11-21)37-17-14-20(15-18-37)7-6-16-36(3)29(39)26(30(31,32)33)22-8-5-9-23(19-22)40-4/h5,8-9,12-13,19-21,26H,6-7,10-11,14-18H2,1-4H3. The zero-order chi connectivity index (χ0) is 29.0. The van der Waals surface area contributed by atoms with Gasteiger partial charge in [-0.3, -0.25) is 9.59 Å². The number of hydrogen-bond donors (Lipinski definition) is 0. The Hall–Kier alpha value is -3.30. The van der Waals surface area contributed by atoms with E-state index in [1.54, 1.807) is 25.1 Å². The maximum absolute atomic E-state index is 13.9. The summed E-state index contributed by atoms with van der Waals surface area (Å²) in [6.45, 7) is 1.94. The van der Waals surface area contributed by atoms with Crippen molar-refractivity contribution in [2.24, 2.45) is 5.92 Å². The van der Waals surface area contributed by atoms with Gasteiger partial charge < -0.3 is 19.4 Å². The first-order chi connectivity index (χ1) is 19.0. The molecule has 1 aliphatic carbocycles. The van der Waals surface area contributed by atoms with Crippen LogP contribution in [0.15, 0.2) is 36.4 Å². The summed E-state index contributed by atoms with van der Waals surface area (Å²) in [7, 11) is 6.32. The summed E-state index contributed by atoms with van der Waals surface area (Å²) >= 11 is 0. The molecule has 0 N–H and O–H groups in total. The molecule has 1 saturated carbocycles. The van der Waals surface area contributed by atoms with E-state index in [0.717, 1.165) is 56.7 Å². The van der Waals surface area contributed by atoms with Crippen molar-refractivity contribution < 1.29 is 27.5 Å². The molecule has 1 aromatic carbocycles. The van der Waals surface area contributed by atoms with Crippen molar-refractivity contribution in [3.05, 3.63) is 53.2 Å². The number of hydrogen-bond acceptors (Lipinski definition) is 5. The van der Waals surface area contributed by atoms with Gasteiger partial charge in [-0.15, -0.1) is 0 Å². The van der Waals surface area contributed by atoms with Crippen molar-refractivity contribution in [2.45, 2.75) is 56.5 Å². The van der Waals surface area contributed by atoms with Crippen LogP contribution in [0.3, 0.4) is 0 Å². The molecule has 2 aromatic rings. The van der Waals surface area contributed by atoms with Gasteiger partial charge in [0, 0.05) is 46.7 Å². The van der Waals surface area contributed by atoms with Crippen LogP contribution in [0.4, 0.5) is 19.0 Å². The number of rotatable bonds is 10. The van der Waals surface area contributed by atoms with E-state index in [1.807, 2.05) is 12.1 Å². The third kappa shape index (κ3) is 7.06. The zero-order valence-electron chi connectivity index (χ0n) is 23.7. The fourth-order valence-corrected chi connectivity index (χ4v) is 5.42. The Labute approximate surface area is 234 Å². The summed E-state index contributed by atoms with van der Waals surface area (Å²) in [5.41, 5.74) is 1.47. The van der Waals surface area contributed by atoms with Crippen LogP contribution >= 0.6 is 0 Å². The van der Waals surface area contributed by atoms with Crippen molar-refractivity contribution in [2.75, 3.05) is 52.8 Å². The molecule has 1 unspecified atom stereocenters. The number of alkyl halides is 3. The normalized spacial score (nSPS) is 16.9. The second-order valence-corrected chi connectivity index (χ2v) is 11.2. The van der Waals surface area contributed by atoms with E-state index in [4.69, 9.17) is 9.72 Å². The van der Waals surface area contributed by atoms with Crippen LogP contribution in [0.25, 0.3) is 0 Å². The number of nitrogens with zero attached hydrogens (tertiary/aromatic N) is 4. The van der Waals surface area contributed by atoms with Crippen LogP contribution in [0.5, 0.6) is 5.75 Å². The predicted molar refractivity (Wildman–Crippen MR) is 148 cm³/mol. The lowest BCUT2D eigenvalue weighted by Crippen LogP contribution is -2.39. The summed E-state index contributed by atoms with van der Waals surface area (Å²) < 4.78 is 46.7. The average molecular weight is 561 g/mol. The number of likely N-dealkylation sites (N-methyl/N-ethyl adjacent to an activating group) is 1. The summed E-state index contributed by atoms with van der Waals surface area (Å²) in [4.78, 5) is 35.4. The highest BCUT2D eigenvalue weighted by molar-refractivity contribution is 5.95. The Morgan fingerprint density at radius 1 is 1.07 bits per heavy atom. The Morgan fingerprint density at radius 2 is 1.77 bits per heavy atom. The number of amides is 2. The Kier molecular flexibility index (Phi) is 9.26. The molecule has 0 spiro atoms. The molecule has 218 valence electrons. The van der Waals surface area contributed by atoms with Gasteiger partial charge in [0.2, 0.25) is 5.91 Å². The molecule has 0 radical (unpaired) electrons. The fourth-order valence-electron chi connectivity index (χ4n) is 5.42. The van der Waals surface area contributed by atoms with Crippen molar-refractivity contribution >= 4 is 17.6 Å². The third-order valence-electron chi connectivity index (χ3n) is 7.93. The summed E-state index contributed by atoms with van der Waals surface area (Å²) in [6.07, 6.45) is 0.811. The first kappa shape index (κ1) is 29.7. The molecule has 2 heterocycles. The molecular weight excluding hydrogens is 521 g/mol. The van der Waals surface area contributed by atoms with Crippen molar-refractivity contribution in [1.82, 2.24) is 14.8 Å². The topological polar surface area (TPSA) is 66.0 Å². The average Bonchev–Trinajstić information content (AvgIpc) is 3.77. The summed E-state index contributed by atoms with van der Waals surface area (Å²) in [6, 6.07) is 9.44. The lowest BCUT2D eigenvalue weighted by atomic mass is 9.91. The fraction of sp³-hybridized carbons (Fsp3) is 0.567. The van der Waals surface area contributed by atoms with Gasteiger partial charge in [0.1, 0.15) is 11.6 Å². The van der Waals surface area contributed by atoms with Crippen LogP contribution < -0.4 is 9.64 Å². The van der Waals surface area contributed by atoms with Gasteiger partial charge >= 0.3 is 6.18 Å². The van der Waals surface area contributed by atoms with E-state index < -0.39 is 18.0 Å². The smallest absolute Gasteiger partial charge is 0.404 e. The molecule has 2 aliphatic rings. The minimum atomic E-state index is -4.70. The van der Waals surface area contributed by atoms with Gasteiger partial charge in [0.25, 0.3) is 5.91 Å². The maximum Gasteiger partial charge on any atom is 0.404 e. The number of benzene rings is 1. The Bertz CT molecular complexity index is 1190. The lowest BCUT2D eigenvalue weighted by Gasteiger charge is -2.33. The highest BCUT2D eigenvalue weighted by Crippen LogP contribution is 2.42. The molecule has 1 aliphatic heterocycles. The Morgan fingerprint density at radius 3 is 2.38 bits per heavy atom. The van der Waals surface area contributed by atoms with Crippen molar-refractivity contribution in [1.29, 1.82) is 0 Å². The van der Waals surface area contributed by atoms with Gasteiger partial charge in [-0.25, -0.2) is 4.98 Å². The molecule has 2 amide bonds. The van der Waals surface area contributed by atoms with Crippen LogP contribution in [0, 0.1) is 5.92 Å². The quantitative estimate of drug-likeness (QED) is 0.386. The summed E-state index contributed by atoms with van der Waals surface area (Å²) in [5, 5.41) is 0. The summed E-state index contributed by atoms with van der Waals surface area (Å²) in [5.74, 6) is -1.21. The van der Waals surface area contributed by atoms with Crippen LogP contribution in [0.1, 0.15) is 72.0 Å². The van der Waals surface area contributed by atoms with Gasteiger partial charge in [0.05, 0.1) is 18.4 Å². The van der Waals surface area contributed by atoms with Gasteiger partial charge in [-0.05, 0) is 74.3 Å². The predicted octanol–water partition coefficient (Wildman–Crippen LogP) is 5.47. The molecular formula is C30H39F3N4O3. The molecule has 10 heteroatoms. The van der Waals surface area contributed by atoms with E-state index in [0.29, 0.717) is 23.8 Å². The number of carbonyl (C=O) groups is 2. The van der Waals surface area contributed by atoms with Crippen molar-refractivity contribution in [3.8, 4) is 5.75 Å². The number of methoxy groups -OCH3 is 1. The molecule has 1 saturated heterocycles. The maximum atomic E-state index is 13.9. The highest BCUT2D eigenvalue weighted by atomic mass is 19.4. The first-order valence-electron chi connectivity index (χ1n) is 13.9. The largest absolute Gasteiger partial charge is 0.497 e. The minimum absolute atomic E-state index is 0.0202. The van der Waals surface area contributed by atoms with Gasteiger partial charge in [0.15, 0.2) is 5.92 Å².